The Morgan fingerprint density at radius 3 is 1.90 bits per heavy atom. The third-order valence-electron chi connectivity index (χ3n) is 4.45. The van der Waals surface area contributed by atoms with E-state index in [0.29, 0.717) is 11.4 Å². The van der Waals surface area contributed by atoms with Crippen molar-refractivity contribution < 1.29 is 9.59 Å². The number of anilines is 4. The lowest BCUT2D eigenvalue weighted by Gasteiger charge is -2.10. The van der Waals surface area contributed by atoms with Crippen LogP contribution in [-0.4, -0.2) is 11.8 Å². The van der Waals surface area contributed by atoms with Crippen LogP contribution in [0.2, 0.25) is 0 Å². The van der Waals surface area contributed by atoms with Crippen LogP contribution in [-0.2, 0) is 9.59 Å². The van der Waals surface area contributed by atoms with Gasteiger partial charge in [-0.25, -0.2) is 0 Å². The summed E-state index contributed by atoms with van der Waals surface area (Å²) in [5.74, 6) is -1.44. The lowest BCUT2D eigenvalue weighted by atomic mass is 10.1. The molecule has 0 aromatic heterocycles. The Bertz CT molecular complexity index is 1150. The second-order valence-corrected chi connectivity index (χ2v) is 6.50. The minimum absolute atomic E-state index is 0.543. The van der Waals surface area contributed by atoms with Crippen LogP contribution < -0.4 is 16.0 Å². The lowest BCUT2D eigenvalue weighted by molar-refractivity contribution is -0.132. The molecule has 142 valence electrons. The van der Waals surface area contributed by atoms with E-state index in [0.717, 1.165) is 22.1 Å². The Morgan fingerprint density at radius 1 is 0.517 bits per heavy atom. The van der Waals surface area contributed by atoms with Gasteiger partial charge in [0.2, 0.25) is 0 Å². The molecular formula is C24H19N3O2. The summed E-state index contributed by atoms with van der Waals surface area (Å²) in [6, 6.07) is 30.2. The minimum atomic E-state index is -0.721. The molecule has 3 N–H and O–H groups in total. The molecule has 0 atom stereocenters. The quantitative estimate of drug-likeness (QED) is 0.428. The minimum Gasteiger partial charge on any atom is -0.356 e. The molecule has 2 amide bonds. The number of nitrogens with one attached hydrogen (secondary N) is 3. The first-order valence-corrected chi connectivity index (χ1v) is 9.21. The van der Waals surface area contributed by atoms with E-state index in [4.69, 9.17) is 0 Å². The highest BCUT2D eigenvalue weighted by molar-refractivity contribution is 6.44. The van der Waals surface area contributed by atoms with E-state index in [1.807, 2.05) is 78.9 Å². The maximum absolute atomic E-state index is 12.3. The number of para-hydroxylation sites is 1. The van der Waals surface area contributed by atoms with E-state index in [9.17, 15) is 9.59 Å². The second-order valence-electron chi connectivity index (χ2n) is 6.50. The molecule has 4 aromatic carbocycles. The van der Waals surface area contributed by atoms with E-state index in [2.05, 4.69) is 16.0 Å². The van der Waals surface area contributed by atoms with Crippen LogP contribution in [0, 0.1) is 0 Å². The average Bonchev–Trinajstić information content (AvgIpc) is 2.76. The van der Waals surface area contributed by atoms with Crippen molar-refractivity contribution in [3.63, 3.8) is 0 Å². The van der Waals surface area contributed by atoms with Crippen molar-refractivity contribution in [2.24, 2.45) is 0 Å². The zero-order chi connectivity index (χ0) is 20.1. The Morgan fingerprint density at radius 2 is 1.10 bits per heavy atom. The second kappa shape index (κ2) is 8.27. The summed E-state index contributed by atoms with van der Waals surface area (Å²) in [5, 5.41) is 10.4. The molecule has 0 aliphatic carbocycles. The molecule has 0 aliphatic heterocycles. The van der Waals surface area contributed by atoms with Gasteiger partial charge in [-0.2, -0.15) is 0 Å². The molecule has 5 nitrogen and oxygen atoms in total. The van der Waals surface area contributed by atoms with Crippen LogP contribution in [0.1, 0.15) is 0 Å². The first-order valence-electron chi connectivity index (χ1n) is 9.21. The number of hydrogen-bond donors (Lipinski definition) is 3. The zero-order valence-corrected chi connectivity index (χ0v) is 15.6. The largest absolute Gasteiger partial charge is 0.356 e. The molecule has 0 bridgehead atoms. The van der Waals surface area contributed by atoms with Crippen molar-refractivity contribution in [3.05, 3.63) is 97.1 Å². The Kier molecular flexibility index (Phi) is 5.21. The third kappa shape index (κ3) is 4.42. The first-order chi connectivity index (χ1) is 14.2. The van der Waals surface area contributed by atoms with Gasteiger partial charge in [-0.1, -0.05) is 54.6 Å². The van der Waals surface area contributed by atoms with Gasteiger partial charge in [0, 0.05) is 28.1 Å². The maximum atomic E-state index is 12.3. The van der Waals surface area contributed by atoms with Crippen molar-refractivity contribution in [2.45, 2.75) is 0 Å². The fourth-order valence-corrected chi connectivity index (χ4v) is 3.03. The maximum Gasteiger partial charge on any atom is 0.314 e. The fourth-order valence-electron chi connectivity index (χ4n) is 3.03. The summed E-state index contributed by atoms with van der Waals surface area (Å²) in [6.45, 7) is 0. The summed E-state index contributed by atoms with van der Waals surface area (Å²) >= 11 is 0. The Hall–Kier alpha value is -4.12. The number of rotatable bonds is 4. The van der Waals surface area contributed by atoms with Gasteiger partial charge >= 0.3 is 11.8 Å². The van der Waals surface area contributed by atoms with Gasteiger partial charge in [0.05, 0.1) is 0 Å². The van der Waals surface area contributed by atoms with E-state index in [1.54, 1.807) is 18.2 Å². The van der Waals surface area contributed by atoms with Gasteiger partial charge in [0.15, 0.2) is 0 Å². The SMILES string of the molecule is O=C(Nc1ccc(Nc2ccccc2)cc1)C(=O)Nc1cccc2ccccc12. The monoisotopic (exact) mass is 381 g/mol. The van der Waals surface area contributed by atoms with Crippen molar-refractivity contribution in [1.82, 2.24) is 0 Å². The molecule has 0 aliphatic rings. The standard InChI is InChI=1S/C24H19N3O2/c28-23(24(29)27-22-12-6-8-17-7-4-5-11-21(17)22)26-20-15-13-19(14-16-20)25-18-9-2-1-3-10-18/h1-16,25H,(H,26,28)(H,27,29). The average molecular weight is 381 g/mol. The molecule has 0 radical (unpaired) electrons. The smallest absolute Gasteiger partial charge is 0.314 e. The Labute approximate surface area is 168 Å². The van der Waals surface area contributed by atoms with Crippen LogP contribution in [0.25, 0.3) is 10.8 Å². The number of amides is 2. The van der Waals surface area contributed by atoms with Crippen molar-refractivity contribution in [1.29, 1.82) is 0 Å². The van der Waals surface area contributed by atoms with Gasteiger partial charge < -0.3 is 16.0 Å². The Balaban J connectivity index is 1.40. The third-order valence-corrected chi connectivity index (χ3v) is 4.45. The van der Waals surface area contributed by atoms with Crippen molar-refractivity contribution in [2.75, 3.05) is 16.0 Å². The number of carbonyl (C=O) groups excluding carboxylic acids is 2. The molecule has 4 aromatic rings. The van der Waals surface area contributed by atoms with E-state index in [1.165, 1.54) is 0 Å². The van der Waals surface area contributed by atoms with E-state index >= 15 is 0 Å². The summed E-state index contributed by atoms with van der Waals surface area (Å²) < 4.78 is 0. The van der Waals surface area contributed by atoms with Gasteiger partial charge in [-0.3, -0.25) is 9.59 Å². The summed E-state index contributed by atoms with van der Waals surface area (Å²) in [7, 11) is 0. The highest BCUT2D eigenvalue weighted by Gasteiger charge is 2.15. The number of benzene rings is 4. The molecule has 29 heavy (non-hydrogen) atoms. The van der Waals surface area contributed by atoms with Gasteiger partial charge in [0.1, 0.15) is 0 Å². The molecule has 0 spiro atoms. The van der Waals surface area contributed by atoms with Gasteiger partial charge in [-0.05, 0) is 47.9 Å². The predicted molar refractivity (Wildman–Crippen MR) is 117 cm³/mol. The molecule has 5 heteroatoms. The molecule has 0 saturated carbocycles. The van der Waals surface area contributed by atoms with Gasteiger partial charge in [-0.15, -0.1) is 0 Å². The van der Waals surface area contributed by atoms with Crippen molar-refractivity contribution >= 4 is 45.3 Å². The number of fused-ring (bicyclic) bond motifs is 1. The summed E-state index contributed by atoms with van der Waals surface area (Å²) in [4.78, 5) is 24.6. The lowest BCUT2D eigenvalue weighted by Crippen LogP contribution is -2.29. The van der Waals surface area contributed by atoms with E-state index in [-0.39, 0.29) is 0 Å². The summed E-state index contributed by atoms with van der Waals surface area (Å²) in [5.41, 5.74) is 3.00. The predicted octanol–water partition coefficient (Wildman–Crippen LogP) is 5.16. The number of carbonyl (C=O) groups is 2. The molecular weight excluding hydrogens is 362 g/mol. The highest BCUT2D eigenvalue weighted by atomic mass is 16.2. The normalized spacial score (nSPS) is 10.3. The van der Waals surface area contributed by atoms with Crippen molar-refractivity contribution in [3.8, 4) is 0 Å². The topological polar surface area (TPSA) is 70.2 Å². The van der Waals surface area contributed by atoms with Crippen LogP contribution in [0.3, 0.4) is 0 Å². The van der Waals surface area contributed by atoms with Crippen LogP contribution in [0.5, 0.6) is 0 Å². The molecule has 4 rings (SSSR count). The van der Waals surface area contributed by atoms with Crippen LogP contribution >= 0.6 is 0 Å². The van der Waals surface area contributed by atoms with Crippen LogP contribution in [0.4, 0.5) is 22.7 Å². The number of hydrogen-bond acceptors (Lipinski definition) is 3. The molecule has 0 saturated heterocycles. The first kappa shape index (κ1) is 18.3. The highest BCUT2D eigenvalue weighted by Crippen LogP contribution is 2.23. The fraction of sp³-hybridized carbons (Fsp3) is 0. The molecule has 0 fully saturated rings. The molecule has 0 heterocycles. The summed E-state index contributed by atoms with van der Waals surface area (Å²) in [6.07, 6.45) is 0. The zero-order valence-electron chi connectivity index (χ0n) is 15.6. The van der Waals surface area contributed by atoms with E-state index < -0.39 is 11.8 Å². The van der Waals surface area contributed by atoms with Gasteiger partial charge in [0.25, 0.3) is 0 Å². The van der Waals surface area contributed by atoms with Crippen LogP contribution in [0.15, 0.2) is 97.1 Å². The molecule has 0 unspecified atom stereocenters.